The van der Waals surface area contributed by atoms with Crippen LogP contribution in [0.5, 0.6) is 5.75 Å². The summed E-state index contributed by atoms with van der Waals surface area (Å²) in [6.07, 6.45) is -7.50. The lowest BCUT2D eigenvalue weighted by atomic mass is 10.00. The van der Waals surface area contributed by atoms with Crippen molar-refractivity contribution in [2.75, 3.05) is 6.61 Å². The minimum atomic E-state index is -1.57. The molecule has 1 aromatic carbocycles. The average Bonchev–Trinajstić information content (AvgIpc) is 2.50. The van der Waals surface area contributed by atoms with Gasteiger partial charge in [0.2, 0.25) is 0 Å². The van der Waals surface area contributed by atoms with Gasteiger partial charge in [-0.15, -0.1) is 0 Å². The van der Waals surface area contributed by atoms with Crippen LogP contribution in [0.15, 0.2) is 24.3 Å². The smallest absolute Gasteiger partial charge is 0.184 e. The van der Waals surface area contributed by atoms with Crippen LogP contribution < -0.4 is 0 Å². The lowest BCUT2D eigenvalue weighted by molar-refractivity contribution is -0.286. The number of aromatic hydroxyl groups is 1. The Morgan fingerprint density at radius 1 is 1.00 bits per heavy atom. The zero-order chi connectivity index (χ0) is 16.9. The molecule has 0 saturated carbocycles. The lowest BCUT2D eigenvalue weighted by Gasteiger charge is -2.37. The van der Waals surface area contributed by atoms with Crippen LogP contribution in [-0.2, 0) is 4.74 Å². The van der Waals surface area contributed by atoms with Crippen molar-refractivity contribution < 1.29 is 40.5 Å². The van der Waals surface area contributed by atoms with E-state index in [1.54, 1.807) is 31.2 Å². The topological polar surface area (TPSA) is 151 Å². The Bertz CT molecular complexity index is 430. The Morgan fingerprint density at radius 2 is 1.55 bits per heavy atom. The van der Waals surface area contributed by atoms with Crippen LogP contribution in [0.4, 0.5) is 0 Å². The summed E-state index contributed by atoms with van der Waals surface area (Å²) in [5.41, 5.74) is 0.817. The highest BCUT2D eigenvalue weighted by Gasteiger charge is 2.42. The van der Waals surface area contributed by atoms with E-state index in [-0.39, 0.29) is 5.75 Å². The third kappa shape index (κ3) is 4.89. The Labute approximate surface area is 127 Å². The van der Waals surface area contributed by atoms with Crippen molar-refractivity contribution in [3.8, 4) is 5.75 Å². The molecule has 0 spiro atoms. The highest BCUT2D eigenvalue weighted by molar-refractivity contribution is 5.26. The molecule has 0 amide bonds. The first-order valence-electron chi connectivity index (χ1n) is 6.73. The van der Waals surface area contributed by atoms with Crippen molar-refractivity contribution in [1.82, 2.24) is 0 Å². The van der Waals surface area contributed by atoms with Gasteiger partial charge in [0.25, 0.3) is 0 Å². The van der Waals surface area contributed by atoms with E-state index in [0.29, 0.717) is 0 Å². The van der Waals surface area contributed by atoms with Gasteiger partial charge in [0.1, 0.15) is 30.2 Å². The number of rotatable bonds is 2. The van der Waals surface area contributed by atoms with Gasteiger partial charge in [0.15, 0.2) is 6.29 Å². The summed E-state index contributed by atoms with van der Waals surface area (Å²) >= 11 is 0. The van der Waals surface area contributed by atoms with Crippen molar-refractivity contribution in [2.24, 2.45) is 0 Å². The molecule has 8 nitrogen and oxygen atoms in total. The highest BCUT2D eigenvalue weighted by Crippen LogP contribution is 2.19. The van der Waals surface area contributed by atoms with Crippen molar-refractivity contribution >= 4 is 0 Å². The van der Waals surface area contributed by atoms with Gasteiger partial charge in [-0.25, -0.2) is 0 Å². The predicted octanol–water partition coefficient (Wildman–Crippen LogP) is -1.78. The van der Waals surface area contributed by atoms with Gasteiger partial charge >= 0.3 is 0 Å². The number of ether oxygens (including phenoxy) is 1. The molecule has 1 saturated heterocycles. The molecule has 6 atom stereocenters. The molecule has 126 valence electrons. The van der Waals surface area contributed by atoms with Gasteiger partial charge in [0.05, 0.1) is 12.7 Å². The molecule has 7 N–H and O–H groups in total. The van der Waals surface area contributed by atoms with E-state index in [2.05, 4.69) is 4.74 Å². The predicted molar refractivity (Wildman–Crippen MR) is 74.7 cm³/mol. The van der Waals surface area contributed by atoms with E-state index in [9.17, 15) is 0 Å². The van der Waals surface area contributed by atoms with E-state index in [4.69, 9.17) is 35.7 Å². The second-order valence-corrected chi connectivity index (χ2v) is 4.99. The SMILES string of the molecule is CC(O)c1ccc(O)cc1.OC[C@H]1O[C@@H](O)[C@H](O)[C@@H](O)[C@@H]1O. The van der Waals surface area contributed by atoms with E-state index in [1.807, 2.05) is 0 Å². The highest BCUT2D eigenvalue weighted by atomic mass is 16.6. The van der Waals surface area contributed by atoms with Crippen LogP contribution in [-0.4, -0.2) is 73.1 Å². The molecular weight excluding hydrogens is 296 g/mol. The molecule has 8 heteroatoms. The summed E-state index contributed by atoms with van der Waals surface area (Å²) < 4.78 is 4.58. The normalized spacial score (nSPS) is 32.8. The molecule has 1 aromatic rings. The third-order valence-corrected chi connectivity index (χ3v) is 3.24. The van der Waals surface area contributed by atoms with Gasteiger partial charge in [-0.1, -0.05) is 12.1 Å². The zero-order valence-corrected chi connectivity index (χ0v) is 12.0. The molecule has 2 rings (SSSR count). The lowest BCUT2D eigenvalue weighted by Crippen LogP contribution is -2.58. The maximum atomic E-state index is 9.12. The van der Waals surface area contributed by atoms with Crippen molar-refractivity contribution in [3.63, 3.8) is 0 Å². The Hall–Kier alpha value is -1.26. The quantitative estimate of drug-likeness (QED) is 0.338. The molecule has 1 unspecified atom stereocenters. The van der Waals surface area contributed by atoms with Crippen molar-refractivity contribution in [3.05, 3.63) is 29.8 Å². The van der Waals surface area contributed by atoms with Gasteiger partial charge < -0.3 is 40.5 Å². The Kier molecular flexibility index (Phi) is 7.17. The summed E-state index contributed by atoms with van der Waals surface area (Å²) in [5, 5.41) is 62.5. The van der Waals surface area contributed by atoms with Crippen LogP contribution in [0, 0.1) is 0 Å². The number of hydrogen-bond donors (Lipinski definition) is 7. The molecule has 0 bridgehead atoms. The molecular formula is C14H22O8. The van der Waals surface area contributed by atoms with Crippen LogP contribution in [0.2, 0.25) is 0 Å². The number of aliphatic hydroxyl groups excluding tert-OH is 6. The van der Waals surface area contributed by atoms with E-state index >= 15 is 0 Å². The fourth-order valence-corrected chi connectivity index (χ4v) is 1.83. The van der Waals surface area contributed by atoms with Crippen LogP contribution in [0.3, 0.4) is 0 Å². The fourth-order valence-electron chi connectivity index (χ4n) is 1.83. The van der Waals surface area contributed by atoms with Gasteiger partial charge in [-0.3, -0.25) is 0 Å². The monoisotopic (exact) mass is 318 g/mol. The maximum Gasteiger partial charge on any atom is 0.184 e. The van der Waals surface area contributed by atoms with E-state index in [0.717, 1.165) is 5.56 Å². The summed E-state index contributed by atoms with van der Waals surface area (Å²) in [7, 11) is 0. The summed E-state index contributed by atoms with van der Waals surface area (Å²) in [4.78, 5) is 0. The minimum Gasteiger partial charge on any atom is -0.508 e. The molecule has 1 fully saturated rings. The van der Waals surface area contributed by atoms with Crippen LogP contribution >= 0.6 is 0 Å². The number of phenolic OH excluding ortho intramolecular Hbond substituents is 1. The molecule has 1 aliphatic heterocycles. The van der Waals surface area contributed by atoms with Crippen molar-refractivity contribution in [1.29, 1.82) is 0 Å². The fraction of sp³-hybridized carbons (Fsp3) is 0.571. The second-order valence-electron chi connectivity index (χ2n) is 4.99. The number of phenols is 1. The average molecular weight is 318 g/mol. The summed E-state index contributed by atoms with van der Waals surface area (Å²) in [6, 6.07) is 6.50. The Balaban J connectivity index is 0.000000224. The van der Waals surface area contributed by atoms with E-state index < -0.39 is 43.4 Å². The number of aliphatic hydroxyl groups is 6. The first-order valence-corrected chi connectivity index (χ1v) is 6.73. The Morgan fingerprint density at radius 3 is 2.00 bits per heavy atom. The summed E-state index contributed by atoms with van der Waals surface area (Å²) in [6.45, 7) is 1.16. The van der Waals surface area contributed by atoms with Crippen molar-refractivity contribution in [2.45, 2.75) is 43.7 Å². The zero-order valence-electron chi connectivity index (χ0n) is 12.0. The molecule has 1 aliphatic rings. The first kappa shape index (κ1) is 18.8. The molecule has 0 radical (unpaired) electrons. The van der Waals surface area contributed by atoms with Gasteiger partial charge in [-0.05, 0) is 24.6 Å². The minimum absolute atomic E-state index is 0.226. The summed E-state index contributed by atoms with van der Waals surface area (Å²) in [5.74, 6) is 0.226. The van der Waals surface area contributed by atoms with Gasteiger partial charge in [0, 0.05) is 0 Å². The second kappa shape index (κ2) is 8.39. The molecule has 0 aromatic heterocycles. The number of benzene rings is 1. The first-order chi connectivity index (χ1) is 10.3. The molecule has 1 heterocycles. The van der Waals surface area contributed by atoms with Gasteiger partial charge in [-0.2, -0.15) is 0 Å². The molecule has 22 heavy (non-hydrogen) atoms. The largest absolute Gasteiger partial charge is 0.508 e. The standard InChI is InChI=1S/C8H10O2.C6H12O6/c1-6(9)7-2-4-8(10)5-3-7;7-1-2-3(8)4(9)5(10)6(11)12-2/h2-6,9-10H,1H3;2-11H,1H2/t;2-,3-,4+,5-,6-/m.1/s1. The van der Waals surface area contributed by atoms with E-state index in [1.165, 1.54) is 0 Å². The van der Waals surface area contributed by atoms with Crippen LogP contribution in [0.1, 0.15) is 18.6 Å². The maximum absolute atomic E-state index is 9.12. The third-order valence-electron chi connectivity index (χ3n) is 3.24. The number of hydrogen-bond acceptors (Lipinski definition) is 8. The molecule has 0 aliphatic carbocycles. The van der Waals surface area contributed by atoms with Crippen LogP contribution in [0.25, 0.3) is 0 Å².